The molecule has 0 spiro atoms. The Morgan fingerprint density at radius 1 is 0.714 bits per heavy atom. The number of methoxy groups -OCH3 is 1. The van der Waals surface area contributed by atoms with Gasteiger partial charge in [-0.2, -0.15) is 10.3 Å². The second-order valence-electron chi connectivity index (χ2n) is 8.65. The second kappa shape index (κ2) is 13.1. The van der Waals surface area contributed by atoms with Gasteiger partial charge < -0.3 is 9.47 Å². The van der Waals surface area contributed by atoms with Crippen LogP contribution in [0.15, 0.2) is 72.8 Å². The number of hydrogen-bond donors (Lipinski definition) is 2. The summed E-state index contributed by atoms with van der Waals surface area (Å²) in [5, 5.41) is 12.3. The number of fused-ring (bicyclic) bond motifs is 1. The van der Waals surface area contributed by atoms with Gasteiger partial charge in [0, 0.05) is 13.7 Å². The molecule has 1 aliphatic rings. The number of ether oxygens (including phenoxy) is 2. The topological polar surface area (TPSA) is 66.4 Å². The molecule has 0 atom stereocenters. The summed E-state index contributed by atoms with van der Waals surface area (Å²) in [4.78, 5) is 5.83. The fourth-order valence-corrected chi connectivity index (χ4v) is 4.03. The van der Waals surface area contributed by atoms with Crippen molar-refractivity contribution >= 4 is 11.4 Å². The molecule has 3 aromatic carbocycles. The molecule has 1 heterocycles. The average molecular weight is 478 g/mol. The van der Waals surface area contributed by atoms with E-state index in [1.54, 1.807) is 7.11 Å². The van der Waals surface area contributed by atoms with Crippen molar-refractivity contribution in [3.8, 4) is 16.9 Å². The van der Waals surface area contributed by atoms with E-state index >= 15 is 0 Å². The van der Waals surface area contributed by atoms with Crippen LogP contribution in [0.5, 0.6) is 5.75 Å². The Bertz CT molecular complexity index is 1030. The first-order valence-corrected chi connectivity index (χ1v) is 12.3. The summed E-state index contributed by atoms with van der Waals surface area (Å²) < 4.78 is 11.0. The van der Waals surface area contributed by atoms with Gasteiger partial charge in [0.05, 0.1) is 6.61 Å². The minimum absolute atomic E-state index is 0.370. The van der Waals surface area contributed by atoms with Crippen molar-refractivity contribution in [2.75, 3.05) is 30.7 Å². The van der Waals surface area contributed by atoms with Crippen molar-refractivity contribution < 1.29 is 19.5 Å². The predicted molar refractivity (Wildman–Crippen MR) is 138 cm³/mol. The Morgan fingerprint density at radius 2 is 1.31 bits per heavy atom. The fourth-order valence-electron chi connectivity index (χ4n) is 4.03. The second-order valence-corrected chi connectivity index (χ2v) is 8.65. The molecule has 0 bridgehead atoms. The first-order valence-electron chi connectivity index (χ1n) is 12.3. The maximum atomic E-state index is 9.93. The molecular weight excluding hydrogens is 442 g/mol. The van der Waals surface area contributed by atoms with E-state index in [4.69, 9.17) is 14.3 Å². The van der Waals surface area contributed by atoms with E-state index < -0.39 is 0 Å². The maximum Gasteiger partial charge on any atom is 0.119 e. The van der Waals surface area contributed by atoms with Crippen molar-refractivity contribution in [2.45, 2.75) is 45.1 Å². The van der Waals surface area contributed by atoms with Crippen LogP contribution >= 0.6 is 0 Å². The minimum Gasteiger partial charge on any atom is -0.494 e. The first-order chi connectivity index (χ1) is 17.2. The summed E-state index contributed by atoms with van der Waals surface area (Å²) in [5.74, 6) is 0.912. The van der Waals surface area contributed by atoms with Gasteiger partial charge in [0.15, 0.2) is 0 Å². The Balaban J connectivity index is 1.18. The lowest BCUT2D eigenvalue weighted by atomic mass is 10.0. The lowest BCUT2D eigenvalue weighted by Crippen LogP contribution is -2.42. The molecule has 0 saturated heterocycles. The quantitative estimate of drug-likeness (QED) is 0.265. The third-order valence-corrected chi connectivity index (χ3v) is 6.03. The maximum absolute atomic E-state index is 9.93. The number of nitrogens with zero attached hydrogens (tertiary/aromatic N) is 2. The van der Waals surface area contributed by atoms with Crippen molar-refractivity contribution in [1.82, 2.24) is 5.53 Å². The first kappa shape index (κ1) is 25.0. The molecule has 0 unspecified atom stereocenters. The summed E-state index contributed by atoms with van der Waals surface area (Å²) >= 11 is 0. The summed E-state index contributed by atoms with van der Waals surface area (Å²) in [6.45, 7) is 2.00. The van der Waals surface area contributed by atoms with Gasteiger partial charge in [0.25, 0.3) is 0 Å². The number of anilines is 2. The van der Waals surface area contributed by atoms with Crippen LogP contribution in [0.2, 0.25) is 0 Å². The molecule has 0 aromatic heterocycles. The van der Waals surface area contributed by atoms with Crippen LogP contribution in [0.1, 0.15) is 44.1 Å². The number of unbranched alkanes of at least 4 members (excludes halogenated alkanes) is 5. The third-order valence-electron chi connectivity index (χ3n) is 6.03. The standard InChI is InChI=1S/C28H35N3O4/c1-33-20-8-4-2-3-5-9-21-34-26-18-16-25(17-19-26)24-14-12-23(13-15-24)22-35-31-28-11-7-6-10-27(28)30(32)29-31/h6-7,10-19,29,32H,2-5,8-9,20-22H2,1H3. The lowest BCUT2D eigenvalue weighted by Gasteiger charge is -2.18. The summed E-state index contributed by atoms with van der Waals surface area (Å²) in [6, 6.07) is 24.0. The van der Waals surface area contributed by atoms with E-state index in [1.807, 2.05) is 48.5 Å². The van der Waals surface area contributed by atoms with Crippen molar-refractivity contribution in [1.29, 1.82) is 0 Å². The van der Waals surface area contributed by atoms with E-state index in [-0.39, 0.29) is 0 Å². The summed E-state index contributed by atoms with van der Waals surface area (Å²) in [7, 11) is 1.76. The summed E-state index contributed by atoms with van der Waals surface area (Å²) in [6.07, 6.45) is 7.23. The van der Waals surface area contributed by atoms with Crippen LogP contribution in [0, 0.1) is 0 Å². The average Bonchev–Trinajstić information content (AvgIpc) is 3.23. The highest BCUT2D eigenvalue weighted by Crippen LogP contribution is 2.32. The normalized spacial score (nSPS) is 12.7. The van der Waals surface area contributed by atoms with Gasteiger partial charge in [0.1, 0.15) is 23.7 Å². The summed E-state index contributed by atoms with van der Waals surface area (Å²) in [5.41, 5.74) is 7.46. The Kier molecular flexibility index (Phi) is 9.37. The number of hydrazine groups is 2. The van der Waals surface area contributed by atoms with Crippen LogP contribution < -0.4 is 20.6 Å². The number of benzene rings is 3. The largest absolute Gasteiger partial charge is 0.494 e. The van der Waals surface area contributed by atoms with Gasteiger partial charge >= 0.3 is 0 Å². The molecule has 0 amide bonds. The zero-order chi connectivity index (χ0) is 24.3. The molecule has 186 valence electrons. The van der Waals surface area contributed by atoms with Crippen LogP contribution in [0.3, 0.4) is 0 Å². The highest BCUT2D eigenvalue weighted by molar-refractivity contribution is 5.71. The SMILES string of the molecule is COCCCCCCCCOc1ccc(-c2ccc(CON3NN(O)c4ccccc43)cc2)cc1. The monoisotopic (exact) mass is 477 g/mol. The number of hydrogen-bond acceptors (Lipinski definition) is 7. The number of para-hydroxylation sites is 2. The Morgan fingerprint density at radius 3 is 2.00 bits per heavy atom. The molecule has 0 radical (unpaired) electrons. The van der Waals surface area contributed by atoms with Crippen molar-refractivity contribution in [3.05, 3.63) is 78.4 Å². The fraction of sp³-hybridized carbons (Fsp3) is 0.357. The van der Waals surface area contributed by atoms with Crippen LogP contribution in [-0.4, -0.2) is 25.5 Å². The minimum atomic E-state index is 0.370. The van der Waals surface area contributed by atoms with Gasteiger partial charge in [-0.05, 0) is 53.8 Å². The van der Waals surface area contributed by atoms with Gasteiger partial charge in [-0.1, -0.05) is 79.7 Å². The molecule has 0 fully saturated rings. The Hall–Kier alpha value is -3.10. The van der Waals surface area contributed by atoms with Crippen molar-refractivity contribution in [3.63, 3.8) is 0 Å². The lowest BCUT2D eigenvalue weighted by molar-refractivity contribution is 0.0518. The van der Waals surface area contributed by atoms with Crippen molar-refractivity contribution in [2.24, 2.45) is 0 Å². The molecule has 0 aliphatic carbocycles. The molecule has 4 rings (SSSR count). The smallest absolute Gasteiger partial charge is 0.119 e. The molecule has 7 nitrogen and oxygen atoms in total. The van der Waals surface area contributed by atoms with Crippen LogP contribution in [0.25, 0.3) is 11.1 Å². The molecule has 35 heavy (non-hydrogen) atoms. The van der Waals surface area contributed by atoms with Gasteiger partial charge in [-0.15, -0.1) is 0 Å². The number of rotatable bonds is 14. The molecule has 0 saturated carbocycles. The Labute approximate surface area is 207 Å². The molecule has 7 heteroatoms. The number of nitrogens with one attached hydrogen (secondary N) is 1. The predicted octanol–water partition coefficient (Wildman–Crippen LogP) is 6.29. The third kappa shape index (κ3) is 7.19. The zero-order valence-electron chi connectivity index (χ0n) is 20.4. The van der Waals surface area contributed by atoms with Crippen LogP contribution in [0.4, 0.5) is 11.4 Å². The molecule has 2 N–H and O–H groups in total. The highest BCUT2D eigenvalue weighted by atomic mass is 16.7. The van der Waals surface area contributed by atoms with Gasteiger partial charge in [-0.3, -0.25) is 10.0 Å². The molecule has 1 aliphatic heterocycles. The molecule has 3 aromatic rings. The zero-order valence-corrected chi connectivity index (χ0v) is 20.4. The van der Waals surface area contributed by atoms with E-state index in [1.165, 1.54) is 30.9 Å². The van der Waals surface area contributed by atoms with Crippen LogP contribution in [-0.2, 0) is 16.2 Å². The van der Waals surface area contributed by atoms with E-state index in [0.717, 1.165) is 59.4 Å². The van der Waals surface area contributed by atoms with E-state index in [0.29, 0.717) is 12.3 Å². The molecular formula is C28H35N3O4. The van der Waals surface area contributed by atoms with Gasteiger partial charge in [0.2, 0.25) is 0 Å². The van der Waals surface area contributed by atoms with Gasteiger partial charge in [-0.25, -0.2) is 0 Å². The highest BCUT2D eigenvalue weighted by Gasteiger charge is 2.25. The van der Waals surface area contributed by atoms with E-state index in [2.05, 4.69) is 29.8 Å². The van der Waals surface area contributed by atoms with E-state index in [9.17, 15) is 5.21 Å².